The lowest BCUT2D eigenvalue weighted by Gasteiger charge is -2.04. The molecule has 0 radical (unpaired) electrons. The fourth-order valence-corrected chi connectivity index (χ4v) is 2.54. The van der Waals surface area contributed by atoms with Gasteiger partial charge in [0.25, 0.3) is 0 Å². The minimum Gasteiger partial charge on any atom is -0.465 e. The molecule has 2 aromatic heterocycles. The number of pyridine rings is 1. The van der Waals surface area contributed by atoms with Crippen molar-refractivity contribution in [1.82, 2.24) is 14.6 Å². The Morgan fingerprint density at radius 1 is 1.14 bits per heavy atom. The molecule has 7 heteroatoms. The van der Waals surface area contributed by atoms with Gasteiger partial charge in [-0.1, -0.05) is 23.2 Å². The van der Waals surface area contributed by atoms with Gasteiger partial charge in [-0.05, 0) is 30.3 Å². The second-order valence-corrected chi connectivity index (χ2v) is 5.19. The lowest BCUT2D eigenvalue weighted by molar-refractivity contribution is 0.0600. The molecule has 2 heterocycles. The third-order valence-electron chi connectivity index (χ3n) is 2.94. The van der Waals surface area contributed by atoms with Gasteiger partial charge < -0.3 is 4.74 Å². The van der Waals surface area contributed by atoms with Gasteiger partial charge in [-0.15, -0.1) is 10.2 Å². The molecule has 0 aliphatic rings. The Bertz CT molecular complexity index is 825. The number of ether oxygens (including phenoxy) is 1. The molecule has 0 fully saturated rings. The van der Waals surface area contributed by atoms with Gasteiger partial charge in [0.2, 0.25) is 0 Å². The normalized spacial score (nSPS) is 10.8. The first-order valence-electron chi connectivity index (χ1n) is 5.98. The van der Waals surface area contributed by atoms with E-state index in [4.69, 9.17) is 27.9 Å². The zero-order valence-electron chi connectivity index (χ0n) is 10.9. The van der Waals surface area contributed by atoms with Crippen LogP contribution in [0.15, 0.2) is 36.5 Å². The van der Waals surface area contributed by atoms with Gasteiger partial charge in [0.1, 0.15) is 0 Å². The summed E-state index contributed by atoms with van der Waals surface area (Å²) >= 11 is 12.0. The van der Waals surface area contributed by atoms with Crippen LogP contribution in [0, 0.1) is 0 Å². The number of rotatable bonds is 2. The number of nitrogens with zero attached hydrogens (tertiary/aromatic N) is 3. The Kier molecular flexibility index (Phi) is 3.53. The van der Waals surface area contributed by atoms with Gasteiger partial charge in [-0.3, -0.25) is 4.40 Å². The van der Waals surface area contributed by atoms with Crippen LogP contribution in [0.2, 0.25) is 10.0 Å². The number of hydrogen-bond donors (Lipinski definition) is 0. The molecule has 3 rings (SSSR count). The Morgan fingerprint density at radius 2 is 1.86 bits per heavy atom. The summed E-state index contributed by atoms with van der Waals surface area (Å²) < 4.78 is 6.40. The van der Waals surface area contributed by atoms with Gasteiger partial charge in [0, 0.05) is 21.8 Å². The number of halogens is 2. The highest BCUT2D eigenvalue weighted by molar-refractivity contribution is 6.35. The molecule has 0 saturated carbocycles. The smallest absolute Gasteiger partial charge is 0.339 e. The van der Waals surface area contributed by atoms with Crippen molar-refractivity contribution in [3.05, 3.63) is 52.1 Å². The topological polar surface area (TPSA) is 56.5 Å². The lowest BCUT2D eigenvalue weighted by Crippen LogP contribution is -2.03. The predicted molar refractivity (Wildman–Crippen MR) is 79.8 cm³/mol. The Morgan fingerprint density at radius 3 is 2.52 bits per heavy atom. The van der Waals surface area contributed by atoms with Gasteiger partial charge in [0.05, 0.1) is 12.7 Å². The van der Waals surface area contributed by atoms with E-state index >= 15 is 0 Å². The molecular formula is C14H9Cl2N3O2. The van der Waals surface area contributed by atoms with Crippen molar-refractivity contribution in [3.8, 4) is 11.4 Å². The van der Waals surface area contributed by atoms with Crippen molar-refractivity contribution in [3.63, 3.8) is 0 Å². The second-order valence-electron chi connectivity index (χ2n) is 4.32. The molecule has 0 N–H and O–H groups in total. The Labute approximate surface area is 130 Å². The summed E-state index contributed by atoms with van der Waals surface area (Å²) in [5.41, 5.74) is 1.72. The summed E-state index contributed by atoms with van der Waals surface area (Å²) in [6, 6.07) is 8.42. The molecule has 5 nitrogen and oxygen atoms in total. The van der Waals surface area contributed by atoms with Gasteiger partial charge in [-0.2, -0.15) is 0 Å². The molecule has 1 aromatic carbocycles. The largest absolute Gasteiger partial charge is 0.465 e. The summed E-state index contributed by atoms with van der Waals surface area (Å²) in [5, 5.41) is 9.17. The van der Waals surface area contributed by atoms with Crippen molar-refractivity contribution in [1.29, 1.82) is 0 Å². The first kappa shape index (κ1) is 13.9. The summed E-state index contributed by atoms with van der Waals surface area (Å²) in [7, 11) is 1.33. The van der Waals surface area contributed by atoms with Crippen LogP contribution in [-0.2, 0) is 4.74 Å². The number of carbonyl (C=O) groups is 1. The van der Waals surface area contributed by atoms with Crippen molar-refractivity contribution < 1.29 is 9.53 Å². The van der Waals surface area contributed by atoms with Crippen LogP contribution in [0.5, 0.6) is 0 Å². The zero-order chi connectivity index (χ0) is 15.0. The molecule has 0 spiro atoms. The molecule has 0 saturated heterocycles. The highest BCUT2D eigenvalue weighted by Gasteiger charge is 2.13. The van der Waals surface area contributed by atoms with E-state index in [-0.39, 0.29) is 0 Å². The SMILES string of the molecule is COC(=O)c1ccc2nnc(-c3cc(Cl)cc(Cl)c3)n2c1. The monoisotopic (exact) mass is 321 g/mol. The molecule has 0 aliphatic carbocycles. The van der Waals surface area contributed by atoms with E-state index < -0.39 is 5.97 Å². The van der Waals surface area contributed by atoms with Crippen LogP contribution >= 0.6 is 23.2 Å². The van der Waals surface area contributed by atoms with E-state index in [9.17, 15) is 4.79 Å². The molecule has 21 heavy (non-hydrogen) atoms. The number of hydrogen-bond acceptors (Lipinski definition) is 4. The zero-order valence-corrected chi connectivity index (χ0v) is 12.4. The number of esters is 1. The van der Waals surface area contributed by atoms with Crippen LogP contribution in [0.4, 0.5) is 0 Å². The number of benzene rings is 1. The molecule has 0 bridgehead atoms. The first-order valence-corrected chi connectivity index (χ1v) is 6.73. The summed E-state index contributed by atoms with van der Waals surface area (Å²) in [5.74, 6) is 0.112. The van der Waals surface area contributed by atoms with Gasteiger partial charge >= 0.3 is 5.97 Å². The Balaban J connectivity index is 2.20. The molecule has 0 unspecified atom stereocenters. The maximum absolute atomic E-state index is 11.6. The van der Waals surface area contributed by atoms with E-state index in [0.29, 0.717) is 32.6 Å². The van der Waals surface area contributed by atoms with Crippen LogP contribution < -0.4 is 0 Å². The van der Waals surface area contributed by atoms with Crippen LogP contribution in [0.1, 0.15) is 10.4 Å². The predicted octanol–water partition coefficient (Wildman–Crippen LogP) is 3.49. The average molecular weight is 322 g/mol. The van der Waals surface area contributed by atoms with Crippen molar-refractivity contribution >= 4 is 34.8 Å². The third kappa shape index (κ3) is 2.57. The lowest BCUT2D eigenvalue weighted by atomic mass is 10.2. The van der Waals surface area contributed by atoms with E-state index in [2.05, 4.69) is 10.2 Å². The first-order chi connectivity index (χ1) is 10.1. The molecule has 3 aromatic rings. The van der Waals surface area contributed by atoms with Crippen molar-refractivity contribution in [2.24, 2.45) is 0 Å². The molecule has 0 aliphatic heterocycles. The second kappa shape index (κ2) is 5.35. The maximum atomic E-state index is 11.6. The van der Waals surface area contributed by atoms with E-state index in [1.54, 1.807) is 40.9 Å². The van der Waals surface area contributed by atoms with Gasteiger partial charge in [-0.25, -0.2) is 4.79 Å². The fourth-order valence-electron chi connectivity index (χ4n) is 2.01. The van der Waals surface area contributed by atoms with Crippen LogP contribution in [0.3, 0.4) is 0 Å². The molecule has 0 atom stereocenters. The van der Waals surface area contributed by atoms with Crippen molar-refractivity contribution in [2.75, 3.05) is 7.11 Å². The summed E-state index contributed by atoms with van der Waals surface area (Å²) in [6.45, 7) is 0. The number of fused-ring (bicyclic) bond motifs is 1. The van der Waals surface area contributed by atoms with Crippen LogP contribution in [-0.4, -0.2) is 27.7 Å². The minimum atomic E-state index is -0.430. The number of aromatic nitrogens is 3. The number of carbonyl (C=O) groups excluding carboxylic acids is 1. The van der Waals surface area contributed by atoms with Gasteiger partial charge in [0.15, 0.2) is 11.5 Å². The third-order valence-corrected chi connectivity index (χ3v) is 3.38. The molecular weight excluding hydrogens is 313 g/mol. The standard InChI is InChI=1S/C14H9Cl2N3O2/c1-21-14(20)8-2-3-12-17-18-13(19(12)7-8)9-4-10(15)6-11(16)5-9/h2-7H,1H3. The van der Waals surface area contributed by atoms with Crippen molar-refractivity contribution in [2.45, 2.75) is 0 Å². The van der Waals surface area contributed by atoms with E-state index in [1.807, 2.05) is 0 Å². The average Bonchev–Trinajstić information content (AvgIpc) is 2.88. The summed E-state index contributed by atoms with van der Waals surface area (Å²) in [4.78, 5) is 11.6. The quantitative estimate of drug-likeness (QED) is 0.678. The molecule has 0 amide bonds. The van der Waals surface area contributed by atoms with E-state index in [0.717, 1.165) is 0 Å². The van der Waals surface area contributed by atoms with Crippen LogP contribution in [0.25, 0.3) is 17.0 Å². The molecule has 106 valence electrons. The van der Waals surface area contributed by atoms with E-state index in [1.165, 1.54) is 7.11 Å². The Hall–Kier alpha value is -2.11. The fraction of sp³-hybridized carbons (Fsp3) is 0.0714. The minimum absolute atomic E-state index is 0.402. The highest BCUT2D eigenvalue weighted by atomic mass is 35.5. The highest BCUT2D eigenvalue weighted by Crippen LogP contribution is 2.26. The maximum Gasteiger partial charge on any atom is 0.339 e. The summed E-state index contributed by atoms with van der Waals surface area (Å²) in [6.07, 6.45) is 1.62. The number of methoxy groups -OCH3 is 1.